The first-order valence-electron chi connectivity index (χ1n) is 9.81. The Bertz CT molecular complexity index is 795. The highest BCUT2D eigenvalue weighted by Gasteiger charge is 2.35. The van der Waals surface area contributed by atoms with Gasteiger partial charge in [-0.2, -0.15) is 0 Å². The van der Waals surface area contributed by atoms with Crippen LogP contribution in [0.15, 0.2) is 24.8 Å². The van der Waals surface area contributed by atoms with E-state index in [9.17, 15) is 9.59 Å². The van der Waals surface area contributed by atoms with E-state index < -0.39 is 0 Å². The molecule has 2 amide bonds. The molecule has 10 heteroatoms. The minimum absolute atomic E-state index is 0.0276. The molecule has 0 bridgehead atoms. The minimum Gasteiger partial charge on any atom is -0.379 e. The summed E-state index contributed by atoms with van der Waals surface area (Å²) in [7, 11) is 1.61. The fourth-order valence-corrected chi connectivity index (χ4v) is 3.49. The lowest BCUT2D eigenvalue weighted by Gasteiger charge is -2.35. The summed E-state index contributed by atoms with van der Waals surface area (Å²) in [4.78, 5) is 33.1. The van der Waals surface area contributed by atoms with E-state index in [2.05, 4.69) is 30.9 Å². The number of hydrogen-bond acceptors (Lipinski definition) is 7. The van der Waals surface area contributed by atoms with Gasteiger partial charge in [0.25, 0.3) is 5.91 Å². The van der Waals surface area contributed by atoms with Crippen LogP contribution in [0.25, 0.3) is 0 Å². The maximum absolute atomic E-state index is 12.5. The third-order valence-corrected chi connectivity index (χ3v) is 5.13. The van der Waals surface area contributed by atoms with Crippen LogP contribution in [-0.2, 0) is 16.1 Å². The Labute approximate surface area is 169 Å². The zero-order chi connectivity index (χ0) is 20.6. The monoisotopic (exact) mass is 401 g/mol. The Morgan fingerprint density at radius 3 is 2.83 bits per heavy atom. The Morgan fingerprint density at radius 2 is 2.14 bits per heavy atom. The van der Waals surface area contributed by atoms with Crippen molar-refractivity contribution in [1.29, 1.82) is 0 Å². The van der Waals surface area contributed by atoms with Crippen molar-refractivity contribution in [2.45, 2.75) is 51.3 Å². The molecule has 2 aromatic heterocycles. The van der Waals surface area contributed by atoms with Crippen LogP contribution in [0, 0.1) is 12.8 Å². The second kappa shape index (κ2) is 10.1. The van der Waals surface area contributed by atoms with Crippen molar-refractivity contribution in [3.63, 3.8) is 0 Å². The molecule has 3 atom stereocenters. The van der Waals surface area contributed by atoms with Crippen LogP contribution in [0.4, 0.5) is 0 Å². The summed E-state index contributed by atoms with van der Waals surface area (Å²) >= 11 is 0. The zero-order valence-electron chi connectivity index (χ0n) is 16.7. The van der Waals surface area contributed by atoms with Crippen molar-refractivity contribution in [1.82, 2.24) is 35.6 Å². The third-order valence-electron chi connectivity index (χ3n) is 5.13. The first kappa shape index (κ1) is 20.8. The molecule has 29 heavy (non-hydrogen) atoms. The Balaban J connectivity index is 1.44. The number of aryl methyl sites for hydroxylation is 2. The standard InChI is InChI=1S/C19H27N7O3/c1-13-11-22-16(12-21-13)19(28)24-15-5-4-14(10-17(15)29-2)18(27)20-6-3-8-26-9-7-23-25-26/h7,9,11-12,14-15,17H,3-6,8,10H2,1-2H3,(H,20,27)(H,24,28)/t14-,15-,17-/m0/s1. The molecule has 3 rings (SSSR count). The number of carbonyl (C=O) groups is 2. The number of carbonyl (C=O) groups excluding carboxylic acids is 2. The van der Waals surface area contributed by atoms with Crippen molar-refractivity contribution >= 4 is 11.8 Å². The van der Waals surface area contributed by atoms with Crippen molar-refractivity contribution in [3.05, 3.63) is 36.2 Å². The van der Waals surface area contributed by atoms with E-state index in [4.69, 9.17) is 4.74 Å². The lowest BCUT2D eigenvalue weighted by atomic mass is 9.83. The van der Waals surface area contributed by atoms with E-state index in [0.717, 1.165) is 12.1 Å². The van der Waals surface area contributed by atoms with Gasteiger partial charge in [0.15, 0.2) is 0 Å². The summed E-state index contributed by atoms with van der Waals surface area (Å²) < 4.78 is 7.30. The fourth-order valence-electron chi connectivity index (χ4n) is 3.49. The number of aromatic nitrogens is 5. The predicted octanol–water partition coefficient (Wildman–Crippen LogP) is 0.497. The molecule has 0 unspecified atom stereocenters. The number of ether oxygens (including phenoxy) is 1. The molecule has 10 nitrogen and oxygen atoms in total. The SMILES string of the molecule is CO[C@H]1C[C@@H](C(=O)NCCCn2ccnn2)CC[C@@H]1NC(=O)c1cnc(C)cn1. The van der Waals surface area contributed by atoms with Gasteiger partial charge in [-0.1, -0.05) is 5.21 Å². The number of rotatable bonds is 8. The molecule has 0 radical (unpaired) electrons. The van der Waals surface area contributed by atoms with Gasteiger partial charge in [-0.05, 0) is 32.6 Å². The van der Waals surface area contributed by atoms with Crippen LogP contribution in [0.1, 0.15) is 41.9 Å². The van der Waals surface area contributed by atoms with E-state index in [0.29, 0.717) is 32.4 Å². The summed E-state index contributed by atoms with van der Waals surface area (Å²) in [5, 5.41) is 13.6. The predicted molar refractivity (Wildman–Crippen MR) is 104 cm³/mol. The fraction of sp³-hybridized carbons (Fsp3) is 0.579. The second-order valence-corrected chi connectivity index (χ2v) is 7.22. The molecule has 2 heterocycles. The molecule has 0 saturated heterocycles. The maximum atomic E-state index is 12.5. The average molecular weight is 401 g/mol. The summed E-state index contributed by atoms with van der Waals surface area (Å²) in [6, 6.07) is -0.160. The van der Waals surface area contributed by atoms with E-state index in [1.165, 1.54) is 6.20 Å². The summed E-state index contributed by atoms with van der Waals surface area (Å²) in [5.74, 6) is -0.376. The minimum atomic E-state index is -0.277. The quantitative estimate of drug-likeness (QED) is 0.617. The highest BCUT2D eigenvalue weighted by molar-refractivity contribution is 5.92. The van der Waals surface area contributed by atoms with Crippen molar-refractivity contribution < 1.29 is 14.3 Å². The maximum Gasteiger partial charge on any atom is 0.271 e. The summed E-state index contributed by atoms with van der Waals surface area (Å²) in [6.45, 7) is 3.11. The smallest absolute Gasteiger partial charge is 0.271 e. The molecule has 2 N–H and O–H groups in total. The molecule has 156 valence electrons. The molecular weight excluding hydrogens is 374 g/mol. The van der Waals surface area contributed by atoms with Gasteiger partial charge < -0.3 is 15.4 Å². The highest BCUT2D eigenvalue weighted by atomic mass is 16.5. The average Bonchev–Trinajstić information content (AvgIpc) is 3.25. The summed E-state index contributed by atoms with van der Waals surface area (Å²) in [5.41, 5.74) is 1.03. The molecule has 1 aliphatic rings. The van der Waals surface area contributed by atoms with Crippen LogP contribution in [0.5, 0.6) is 0 Å². The number of hydrogen-bond donors (Lipinski definition) is 2. The number of nitrogens with one attached hydrogen (secondary N) is 2. The number of nitrogens with zero attached hydrogens (tertiary/aromatic N) is 5. The van der Waals surface area contributed by atoms with Crippen LogP contribution >= 0.6 is 0 Å². The van der Waals surface area contributed by atoms with Crippen molar-refractivity contribution in [3.8, 4) is 0 Å². The molecule has 0 aromatic carbocycles. The molecule has 2 aromatic rings. The Kier molecular flexibility index (Phi) is 7.23. The van der Waals surface area contributed by atoms with Crippen molar-refractivity contribution in [2.24, 2.45) is 5.92 Å². The van der Waals surface area contributed by atoms with E-state index in [1.54, 1.807) is 30.4 Å². The largest absolute Gasteiger partial charge is 0.379 e. The van der Waals surface area contributed by atoms with Crippen LogP contribution < -0.4 is 10.6 Å². The van der Waals surface area contributed by atoms with Gasteiger partial charge in [-0.3, -0.25) is 19.3 Å². The lowest BCUT2D eigenvalue weighted by Crippen LogP contribution is -2.50. The van der Waals surface area contributed by atoms with Crippen molar-refractivity contribution in [2.75, 3.05) is 13.7 Å². The van der Waals surface area contributed by atoms with Crippen LogP contribution in [-0.4, -0.2) is 62.6 Å². The van der Waals surface area contributed by atoms with E-state index >= 15 is 0 Å². The van der Waals surface area contributed by atoms with Gasteiger partial charge in [-0.25, -0.2) is 4.98 Å². The van der Waals surface area contributed by atoms with Gasteiger partial charge in [0.1, 0.15) is 5.69 Å². The van der Waals surface area contributed by atoms with E-state index in [-0.39, 0.29) is 35.6 Å². The number of methoxy groups -OCH3 is 1. The number of amides is 2. The lowest BCUT2D eigenvalue weighted by molar-refractivity contribution is -0.127. The van der Waals surface area contributed by atoms with Gasteiger partial charge in [-0.15, -0.1) is 5.10 Å². The van der Waals surface area contributed by atoms with Gasteiger partial charge in [0.2, 0.25) is 5.91 Å². The zero-order valence-corrected chi connectivity index (χ0v) is 16.7. The Hall–Kier alpha value is -2.88. The first-order valence-corrected chi connectivity index (χ1v) is 9.81. The molecular formula is C19H27N7O3. The third kappa shape index (κ3) is 5.80. The highest BCUT2D eigenvalue weighted by Crippen LogP contribution is 2.27. The molecule has 1 aliphatic carbocycles. The second-order valence-electron chi connectivity index (χ2n) is 7.22. The van der Waals surface area contributed by atoms with Gasteiger partial charge in [0.05, 0.1) is 30.2 Å². The van der Waals surface area contributed by atoms with Gasteiger partial charge >= 0.3 is 0 Å². The van der Waals surface area contributed by atoms with E-state index in [1.807, 2.05) is 6.92 Å². The molecule has 1 saturated carbocycles. The van der Waals surface area contributed by atoms with Crippen LogP contribution in [0.2, 0.25) is 0 Å². The normalized spacial score (nSPS) is 21.5. The first-order chi connectivity index (χ1) is 14.1. The van der Waals surface area contributed by atoms with Crippen LogP contribution in [0.3, 0.4) is 0 Å². The molecule has 0 spiro atoms. The Morgan fingerprint density at radius 1 is 1.28 bits per heavy atom. The topological polar surface area (TPSA) is 124 Å². The molecule has 0 aliphatic heterocycles. The summed E-state index contributed by atoms with van der Waals surface area (Å²) in [6.07, 6.45) is 8.94. The molecule has 1 fully saturated rings. The van der Waals surface area contributed by atoms with Gasteiger partial charge in [0, 0.05) is 38.5 Å².